The second kappa shape index (κ2) is 6.19. The van der Waals surface area contributed by atoms with Crippen LogP contribution in [0, 0.1) is 6.92 Å². The number of rotatable bonds is 0. The van der Waals surface area contributed by atoms with E-state index in [0.29, 0.717) is 6.54 Å². The number of anilines is 1. The van der Waals surface area contributed by atoms with Gasteiger partial charge < -0.3 is 15.2 Å². The van der Waals surface area contributed by atoms with E-state index in [1.807, 2.05) is 31.2 Å². The molecule has 0 aliphatic carbocycles. The number of aromatic amines is 1. The Balaban J connectivity index is 1.81. The summed E-state index contributed by atoms with van der Waals surface area (Å²) in [5, 5.41) is 3.04. The van der Waals surface area contributed by atoms with Gasteiger partial charge in [0.1, 0.15) is 5.52 Å². The van der Waals surface area contributed by atoms with Crippen LogP contribution in [-0.4, -0.2) is 41.0 Å². The molecule has 0 saturated heterocycles. The van der Waals surface area contributed by atoms with Gasteiger partial charge in [-0.15, -0.1) is 0 Å². The molecule has 28 heavy (non-hydrogen) atoms. The first-order valence-corrected chi connectivity index (χ1v) is 9.67. The van der Waals surface area contributed by atoms with Crippen LogP contribution in [0.15, 0.2) is 35.9 Å². The number of aromatic nitrogens is 3. The Morgan fingerprint density at radius 3 is 2.89 bits per heavy atom. The van der Waals surface area contributed by atoms with Gasteiger partial charge in [0.05, 0.1) is 16.8 Å². The number of H-pyrrole nitrogens is 1. The van der Waals surface area contributed by atoms with Crippen molar-refractivity contribution in [2.75, 3.05) is 25.0 Å². The minimum Gasteiger partial charge on any atom is -0.357 e. The van der Waals surface area contributed by atoms with Gasteiger partial charge in [-0.2, -0.15) is 0 Å². The van der Waals surface area contributed by atoms with Crippen molar-refractivity contribution >= 4 is 22.8 Å². The molecule has 142 valence electrons. The van der Waals surface area contributed by atoms with E-state index in [1.54, 1.807) is 0 Å². The SMILES string of the molecule is C/C1=C/CN(C)c2nc3c(cccc3nc2C)-c2cc3c([nH]2)[C@H](CNC3=O)C1. The van der Waals surface area contributed by atoms with Gasteiger partial charge >= 0.3 is 0 Å². The number of nitrogens with zero attached hydrogens (tertiary/aromatic N) is 3. The van der Waals surface area contributed by atoms with Gasteiger partial charge in [0.25, 0.3) is 5.91 Å². The molecule has 4 bridgehead atoms. The van der Waals surface area contributed by atoms with Gasteiger partial charge in [0.2, 0.25) is 0 Å². The van der Waals surface area contributed by atoms with Gasteiger partial charge in [0.15, 0.2) is 5.82 Å². The van der Waals surface area contributed by atoms with E-state index in [0.717, 1.165) is 58.0 Å². The van der Waals surface area contributed by atoms with Crippen molar-refractivity contribution in [1.29, 1.82) is 0 Å². The van der Waals surface area contributed by atoms with Crippen LogP contribution >= 0.6 is 0 Å². The molecule has 0 radical (unpaired) electrons. The van der Waals surface area contributed by atoms with Gasteiger partial charge in [-0.05, 0) is 32.4 Å². The first kappa shape index (κ1) is 17.0. The molecule has 0 fully saturated rings. The molecule has 2 aliphatic heterocycles. The average molecular weight is 373 g/mol. The Morgan fingerprint density at radius 2 is 2.04 bits per heavy atom. The Morgan fingerprint density at radius 1 is 1.18 bits per heavy atom. The van der Waals surface area contributed by atoms with Gasteiger partial charge in [0, 0.05) is 43.0 Å². The van der Waals surface area contributed by atoms with E-state index in [-0.39, 0.29) is 11.8 Å². The lowest BCUT2D eigenvalue weighted by molar-refractivity contribution is 0.0940. The van der Waals surface area contributed by atoms with Crippen molar-refractivity contribution in [2.24, 2.45) is 0 Å². The fraction of sp³-hybridized carbons (Fsp3) is 0.318. The number of allylic oxidation sites excluding steroid dienone is 1. The summed E-state index contributed by atoms with van der Waals surface area (Å²) < 4.78 is 0. The Kier molecular flexibility index (Phi) is 3.75. The average Bonchev–Trinajstić information content (AvgIpc) is 3.13. The predicted molar refractivity (Wildman–Crippen MR) is 111 cm³/mol. The summed E-state index contributed by atoms with van der Waals surface area (Å²) in [6.07, 6.45) is 3.16. The highest BCUT2D eigenvalue weighted by Gasteiger charge is 2.29. The number of carbonyl (C=O) groups is 1. The van der Waals surface area contributed by atoms with Crippen LogP contribution < -0.4 is 10.2 Å². The van der Waals surface area contributed by atoms with Crippen molar-refractivity contribution in [2.45, 2.75) is 26.2 Å². The molecule has 6 nitrogen and oxygen atoms in total. The maximum absolute atomic E-state index is 12.5. The highest BCUT2D eigenvalue weighted by Crippen LogP contribution is 2.35. The lowest BCUT2D eigenvalue weighted by Crippen LogP contribution is -2.34. The lowest BCUT2D eigenvalue weighted by atomic mass is 9.91. The molecule has 5 rings (SSSR count). The van der Waals surface area contributed by atoms with Crippen molar-refractivity contribution < 1.29 is 4.79 Å². The number of fused-ring (bicyclic) bond motifs is 3. The maximum Gasteiger partial charge on any atom is 0.253 e. The molecular formula is C22H23N5O. The number of amides is 1. The Labute approximate surface area is 163 Å². The van der Waals surface area contributed by atoms with E-state index < -0.39 is 0 Å². The Hall–Kier alpha value is -3.15. The summed E-state index contributed by atoms with van der Waals surface area (Å²) in [4.78, 5) is 27.9. The van der Waals surface area contributed by atoms with Crippen molar-refractivity contribution in [3.63, 3.8) is 0 Å². The molecule has 1 aromatic carbocycles. The maximum atomic E-state index is 12.5. The standard InChI is InChI=1S/C22H23N5O/c1-12-7-8-27(3)21-13(2)24-17-6-4-5-15(20(17)26-21)18-10-16-19(25-18)14(9-12)11-23-22(16)28/h4-7,10,14,25H,8-9,11H2,1-3H3,(H,23,28)/b12-7-/t14-/m0/s1. The quantitative estimate of drug-likeness (QED) is 0.591. The summed E-state index contributed by atoms with van der Waals surface area (Å²) in [5.74, 6) is 1.13. The number of nitrogens with one attached hydrogen (secondary N) is 2. The zero-order chi connectivity index (χ0) is 19.4. The number of carbonyl (C=O) groups excluding carboxylic acids is 1. The first-order chi connectivity index (χ1) is 13.5. The lowest BCUT2D eigenvalue weighted by Gasteiger charge is -2.24. The predicted octanol–water partition coefficient (Wildman–Crippen LogP) is 3.55. The molecule has 4 heterocycles. The highest BCUT2D eigenvalue weighted by atomic mass is 16.1. The fourth-order valence-electron chi connectivity index (χ4n) is 4.30. The minimum absolute atomic E-state index is 0.00920. The van der Waals surface area contributed by atoms with E-state index in [2.05, 4.69) is 35.2 Å². The molecule has 3 aromatic rings. The van der Waals surface area contributed by atoms with Crippen molar-refractivity contribution in [3.05, 3.63) is 52.9 Å². The summed E-state index contributed by atoms with van der Waals surface area (Å²) in [6, 6.07) is 7.99. The number of hydrogen-bond acceptors (Lipinski definition) is 4. The Bertz CT molecular complexity index is 1140. The zero-order valence-corrected chi connectivity index (χ0v) is 16.3. The monoisotopic (exact) mass is 373 g/mol. The van der Waals surface area contributed by atoms with E-state index in [4.69, 9.17) is 9.97 Å². The third-order valence-electron chi connectivity index (χ3n) is 5.79. The summed E-state index contributed by atoms with van der Waals surface area (Å²) in [7, 11) is 2.06. The van der Waals surface area contributed by atoms with Gasteiger partial charge in [-0.3, -0.25) is 4.79 Å². The molecule has 2 aromatic heterocycles. The number of benzene rings is 1. The molecule has 0 unspecified atom stereocenters. The summed E-state index contributed by atoms with van der Waals surface area (Å²) >= 11 is 0. The molecule has 2 aliphatic rings. The highest BCUT2D eigenvalue weighted by molar-refractivity contribution is 6.00. The summed E-state index contributed by atoms with van der Waals surface area (Å²) in [5.41, 5.74) is 7.60. The number of hydrogen-bond donors (Lipinski definition) is 2. The second-order valence-corrected chi connectivity index (χ2v) is 7.86. The first-order valence-electron chi connectivity index (χ1n) is 9.67. The van der Waals surface area contributed by atoms with Gasteiger partial charge in [-0.25, -0.2) is 9.97 Å². The topological polar surface area (TPSA) is 73.9 Å². The molecule has 0 spiro atoms. The zero-order valence-electron chi connectivity index (χ0n) is 16.3. The molecule has 2 N–H and O–H groups in total. The van der Waals surface area contributed by atoms with Crippen LogP contribution in [0.4, 0.5) is 5.82 Å². The molecular weight excluding hydrogens is 350 g/mol. The van der Waals surface area contributed by atoms with E-state index in [1.165, 1.54) is 5.57 Å². The minimum atomic E-state index is -0.00920. The van der Waals surface area contributed by atoms with E-state index in [9.17, 15) is 4.79 Å². The molecule has 6 heteroatoms. The number of aryl methyl sites for hydroxylation is 1. The van der Waals surface area contributed by atoms with Crippen molar-refractivity contribution in [1.82, 2.24) is 20.3 Å². The van der Waals surface area contributed by atoms with Crippen LogP contribution in [0.3, 0.4) is 0 Å². The van der Waals surface area contributed by atoms with Gasteiger partial charge in [-0.1, -0.05) is 23.8 Å². The summed E-state index contributed by atoms with van der Waals surface area (Å²) in [6.45, 7) is 5.59. The molecule has 1 atom stereocenters. The van der Waals surface area contributed by atoms with Crippen LogP contribution in [-0.2, 0) is 0 Å². The third kappa shape index (κ3) is 2.59. The van der Waals surface area contributed by atoms with Crippen LogP contribution in [0.1, 0.15) is 41.0 Å². The number of likely N-dealkylation sites (N-methyl/N-ethyl adjacent to an activating group) is 1. The number of para-hydroxylation sites is 1. The normalized spacial score (nSPS) is 20.8. The molecule has 0 saturated carbocycles. The van der Waals surface area contributed by atoms with Crippen molar-refractivity contribution in [3.8, 4) is 11.3 Å². The third-order valence-corrected chi connectivity index (χ3v) is 5.79. The second-order valence-electron chi connectivity index (χ2n) is 7.86. The molecule has 1 amide bonds. The largest absolute Gasteiger partial charge is 0.357 e. The smallest absolute Gasteiger partial charge is 0.253 e. The van der Waals surface area contributed by atoms with Crippen LogP contribution in [0.25, 0.3) is 22.3 Å². The van der Waals surface area contributed by atoms with Crippen LogP contribution in [0.2, 0.25) is 0 Å². The van der Waals surface area contributed by atoms with Crippen LogP contribution in [0.5, 0.6) is 0 Å². The van der Waals surface area contributed by atoms with E-state index >= 15 is 0 Å². The fourth-order valence-corrected chi connectivity index (χ4v) is 4.30.